The molecule has 4 bridgehead atoms. The fourth-order valence-electron chi connectivity index (χ4n) is 5.31. The van der Waals surface area contributed by atoms with Gasteiger partial charge in [-0.3, -0.25) is 19.7 Å². The van der Waals surface area contributed by atoms with Crippen molar-refractivity contribution in [2.24, 2.45) is 17.3 Å². The van der Waals surface area contributed by atoms with Gasteiger partial charge in [-0.15, -0.1) is 22.9 Å². The quantitative estimate of drug-likeness (QED) is 0.642. The standard InChI is InChI=1S/C18H20ClNO4S/c19-18-7-11-4-12(8-18)6-17(5-11,10-18)16(23)24-9-14(21)20-15(22)13-2-1-3-25-13/h1-3,11-12H,4-10H2,(H,20,21,22)/t11-,12+,17?,18?. The van der Waals surface area contributed by atoms with Gasteiger partial charge in [0, 0.05) is 4.87 Å². The summed E-state index contributed by atoms with van der Waals surface area (Å²) in [7, 11) is 0. The molecule has 1 aromatic rings. The summed E-state index contributed by atoms with van der Waals surface area (Å²) in [5, 5.41) is 4.01. The molecular formula is C18H20ClNO4S. The zero-order valence-corrected chi connectivity index (χ0v) is 15.3. The number of nitrogens with one attached hydrogen (secondary N) is 1. The number of thiophene rings is 1. The van der Waals surface area contributed by atoms with Crippen LogP contribution in [0.25, 0.3) is 0 Å². The molecule has 5 nitrogen and oxygen atoms in total. The lowest BCUT2D eigenvalue weighted by Crippen LogP contribution is -2.56. The SMILES string of the molecule is O=C(COC(=O)C12C[C@@H]3C[C@@H](CC(Cl)(C3)C1)C2)NC(=O)c1cccs1. The fraction of sp³-hybridized carbons (Fsp3) is 0.611. The van der Waals surface area contributed by atoms with Gasteiger partial charge in [0.2, 0.25) is 0 Å². The molecule has 0 spiro atoms. The van der Waals surface area contributed by atoms with E-state index in [9.17, 15) is 14.4 Å². The van der Waals surface area contributed by atoms with Crippen molar-refractivity contribution in [1.82, 2.24) is 5.32 Å². The van der Waals surface area contributed by atoms with Gasteiger partial charge in [-0.05, 0) is 61.8 Å². The molecule has 0 radical (unpaired) electrons. The summed E-state index contributed by atoms with van der Waals surface area (Å²) < 4.78 is 5.29. The number of alkyl halides is 1. The van der Waals surface area contributed by atoms with Crippen molar-refractivity contribution in [1.29, 1.82) is 0 Å². The molecule has 5 rings (SSSR count). The van der Waals surface area contributed by atoms with Crippen molar-refractivity contribution in [3.05, 3.63) is 22.4 Å². The zero-order valence-electron chi connectivity index (χ0n) is 13.8. The molecule has 2 amide bonds. The van der Waals surface area contributed by atoms with Crippen molar-refractivity contribution < 1.29 is 19.1 Å². The number of amides is 2. The Morgan fingerprint density at radius 3 is 2.56 bits per heavy atom. The Morgan fingerprint density at radius 2 is 1.96 bits per heavy atom. The average molecular weight is 382 g/mol. The van der Waals surface area contributed by atoms with E-state index in [2.05, 4.69) is 5.32 Å². The molecule has 0 aliphatic heterocycles. The van der Waals surface area contributed by atoms with E-state index in [-0.39, 0.29) is 10.8 Å². The van der Waals surface area contributed by atoms with Crippen LogP contribution in [0, 0.1) is 17.3 Å². The molecule has 4 aliphatic rings. The molecule has 4 aliphatic carbocycles. The summed E-state index contributed by atoms with van der Waals surface area (Å²) in [5.74, 6) is -0.422. The minimum absolute atomic E-state index is 0.277. The van der Waals surface area contributed by atoms with Crippen LogP contribution in [0.2, 0.25) is 0 Å². The first-order valence-corrected chi connectivity index (χ1v) is 9.87. The van der Waals surface area contributed by atoms with Crippen LogP contribution in [0.15, 0.2) is 17.5 Å². The normalized spacial score (nSPS) is 35.4. The number of carbonyl (C=O) groups excluding carboxylic acids is 3. The molecule has 4 fully saturated rings. The smallest absolute Gasteiger partial charge is 0.312 e. The molecule has 0 saturated heterocycles. The second kappa shape index (κ2) is 6.09. The summed E-state index contributed by atoms with van der Waals surface area (Å²) in [6.45, 7) is -0.428. The Hall–Kier alpha value is -1.40. The van der Waals surface area contributed by atoms with E-state index in [1.807, 2.05) is 0 Å². The third-order valence-corrected chi connectivity index (χ3v) is 7.07. The van der Waals surface area contributed by atoms with Gasteiger partial charge in [-0.2, -0.15) is 0 Å². The van der Waals surface area contributed by atoms with Crippen LogP contribution in [0.3, 0.4) is 0 Å². The maximum Gasteiger partial charge on any atom is 0.312 e. The Morgan fingerprint density at radius 1 is 1.24 bits per heavy atom. The Balaban J connectivity index is 1.35. The summed E-state index contributed by atoms with van der Waals surface area (Å²) in [6, 6.07) is 3.37. The van der Waals surface area contributed by atoms with E-state index < -0.39 is 23.8 Å². The van der Waals surface area contributed by atoms with Gasteiger partial charge >= 0.3 is 5.97 Å². The third kappa shape index (κ3) is 3.22. The van der Waals surface area contributed by atoms with Gasteiger partial charge in [-0.25, -0.2) is 0 Å². The molecule has 4 saturated carbocycles. The molecule has 4 atom stereocenters. The Kier molecular flexibility index (Phi) is 4.15. The van der Waals surface area contributed by atoms with E-state index in [1.165, 1.54) is 11.3 Å². The van der Waals surface area contributed by atoms with Crippen LogP contribution in [0.4, 0.5) is 0 Å². The van der Waals surface area contributed by atoms with Gasteiger partial charge in [0.05, 0.1) is 10.3 Å². The number of hydrogen-bond acceptors (Lipinski definition) is 5. The van der Waals surface area contributed by atoms with Gasteiger partial charge in [0.25, 0.3) is 11.8 Å². The number of hydrogen-bond donors (Lipinski definition) is 1. The monoisotopic (exact) mass is 381 g/mol. The maximum absolute atomic E-state index is 12.7. The first kappa shape index (κ1) is 17.0. The Bertz CT molecular complexity index is 703. The van der Waals surface area contributed by atoms with Crippen molar-refractivity contribution in [2.45, 2.75) is 43.4 Å². The predicted molar refractivity (Wildman–Crippen MR) is 93.5 cm³/mol. The molecule has 1 heterocycles. The third-order valence-electron chi connectivity index (χ3n) is 5.75. The van der Waals surface area contributed by atoms with E-state index in [0.717, 1.165) is 32.1 Å². The van der Waals surface area contributed by atoms with Crippen molar-refractivity contribution in [3.63, 3.8) is 0 Å². The van der Waals surface area contributed by atoms with Crippen molar-refractivity contribution in [2.75, 3.05) is 6.61 Å². The predicted octanol–water partition coefficient (Wildman–Crippen LogP) is 3.13. The van der Waals surface area contributed by atoms with E-state index >= 15 is 0 Å². The van der Waals surface area contributed by atoms with Gasteiger partial charge in [-0.1, -0.05) is 6.07 Å². The van der Waals surface area contributed by atoms with Crippen LogP contribution in [-0.4, -0.2) is 29.3 Å². The minimum atomic E-state index is -0.600. The summed E-state index contributed by atoms with van der Waals surface area (Å²) in [6.07, 6.45) is 5.38. The number of halogens is 1. The molecule has 0 aromatic carbocycles. The van der Waals surface area contributed by atoms with Gasteiger partial charge in [0.15, 0.2) is 6.61 Å². The minimum Gasteiger partial charge on any atom is -0.455 e. The van der Waals surface area contributed by atoms with Crippen molar-refractivity contribution >= 4 is 40.7 Å². The van der Waals surface area contributed by atoms with Crippen LogP contribution >= 0.6 is 22.9 Å². The number of esters is 1. The summed E-state index contributed by atoms with van der Waals surface area (Å²) in [5.41, 5.74) is -0.538. The lowest BCUT2D eigenvalue weighted by Gasteiger charge is -2.58. The topological polar surface area (TPSA) is 72.5 Å². The number of carbonyl (C=O) groups is 3. The fourth-order valence-corrected chi connectivity index (χ4v) is 6.62. The molecule has 1 N–H and O–H groups in total. The molecule has 25 heavy (non-hydrogen) atoms. The number of imide groups is 1. The van der Waals surface area contributed by atoms with Crippen LogP contribution in [-0.2, 0) is 14.3 Å². The van der Waals surface area contributed by atoms with E-state index in [0.29, 0.717) is 23.1 Å². The first-order chi connectivity index (χ1) is 11.9. The molecule has 7 heteroatoms. The molecule has 1 aromatic heterocycles. The van der Waals surface area contributed by atoms with Crippen molar-refractivity contribution in [3.8, 4) is 0 Å². The van der Waals surface area contributed by atoms with E-state index in [1.54, 1.807) is 17.5 Å². The first-order valence-electron chi connectivity index (χ1n) is 8.61. The average Bonchev–Trinajstić information content (AvgIpc) is 3.04. The lowest BCUT2D eigenvalue weighted by molar-refractivity contribution is -0.171. The second-order valence-corrected chi connectivity index (χ2v) is 9.57. The van der Waals surface area contributed by atoms with Crippen LogP contribution in [0.5, 0.6) is 0 Å². The Labute approximate surface area is 155 Å². The molecular weight excluding hydrogens is 362 g/mol. The second-order valence-electron chi connectivity index (χ2n) is 7.82. The maximum atomic E-state index is 12.7. The number of rotatable bonds is 4. The largest absolute Gasteiger partial charge is 0.455 e. The lowest BCUT2D eigenvalue weighted by atomic mass is 9.49. The highest BCUT2D eigenvalue weighted by Gasteiger charge is 2.60. The summed E-state index contributed by atoms with van der Waals surface area (Å²) >= 11 is 7.97. The van der Waals surface area contributed by atoms with E-state index in [4.69, 9.17) is 16.3 Å². The highest BCUT2D eigenvalue weighted by Crippen LogP contribution is 2.64. The molecule has 2 unspecified atom stereocenters. The number of ether oxygens (including phenoxy) is 1. The van der Waals surface area contributed by atoms with Crippen LogP contribution < -0.4 is 5.32 Å². The highest BCUT2D eigenvalue weighted by molar-refractivity contribution is 7.12. The van der Waals surface area contributed by atoms with Gasteiger partial charge in [0.1, 0.15) is 0 Å². The summed E-state index contributed by atoms with van der Waals surface area (Å²) in [4.78, 5) is 36.6. The zero-order chi connectivity index (χ0) is 17.7. The van der Waals surface area contributed by atoms with Gasteiger partial charge < -0.3 is 4.74 Å². The van der Waals surface area contributed by atoms with Crippen LogP contribution in [0.1, 0.15) is 48.2 Å². The highest BCUT2D eigenvalue weighted by atomic mass is 35.5. The molecule has 134 valence electrons.